The highest BCUT2D eigenvalue weighted by Gasteiger charge is 2.40. The maximum Gasteiger partial charge on any atom is 0.189 e. The van der Waals surface area contributed by atoms with E-state index < -0.39 is 29.2 Å². The van der Waals surface area contributed by atoms with E-state index in [9.17, 15) is 45.3 Å². The van der Waals surface area contributed by atoms with Gasteiger partial charge >= 0.3 is 0 Å². The van der Waals surface area contributed by atoms with Gasteiger partial charge in [0.15, 0.2) is 11.6 Å². The predicted molar refractivity (Wildman–Crippen MR) is 186 cm³/mol. The number of hydrogen-bond donors (Lipinski definition) is 7. The third-order valence-corrected chi connectivity index (χ3v) is 9.01. The van der Waals surface area contributed by atoms with Crippen molar-refractivity contribution in [2.45, 2.75) is 45.4 Å². The van der Waals surface area contributed by atoms with E-state index in [-0.39, 0.29) is 81.1 Å². The third kappa shape index (κ3) is 7.16. The molecule has 252 valence electrons. The summed E-state index contributed by atoms with van der Waals surface area (Å²) in [5.74, 6) is -5.07. The van der Waals surface area contributed by atoms with Crippen molar-refractivity contribution in [3.05, 3.63) is 129 Å². The van der Waals surface area contributed by atoms with E-state index in [4.69, 9.17) is 0 Å². The molecule has 0 radical (unpaired) electrons. The van der Waals surface area contributed by atoms with E-state index in [0.717, 1.165) is 28.9 Å². The van der Waals surface area contributed by atoms with Gasteiger partial charge in [-0.25, -0.2) is 0 Å². The largest absolute Gasteiger partial charge is 0.508 e. The van der Waals surface area contributed by atoms with Crippen LogP contribution in [0.15, 0.2) is 96.1 Å². The highest BCUT2D eigenvalue weighted by Crippen LogP contribution is 2.50. The van der Waals surface area contributed by atoms with Gasteiger partial charge in [-0.15, -0.1) is 0 Å². The van der Waals surface area contributed by atoms with E-state index in [1.165, 1.54) is 42.5 Å². The van der Waals surface area contributed by atoms with Crippen molar-refractivity contribution in [1.29, 1.82) is 0 Å². The third-order valence-electron chi connectivity index (χ3n) is 9.01. The molecule has 9 nitrogen and oxygen atoms in total. The zero-order valence-electron chi connectivity index (χ0n) is 27.3. The molecule has 0 aliphatic heterocycles. The summed E-state index contributed by atoms with van der Waals surface area (Å²) in [6.07, 6.45) is 6.41. The van der Waals surface area contributed by atoms with Crippen LogP contribution in [-0.2, 0) is 6.42 Å². The summed E-state index contributed by atoms with van der Waals surface area (Å²) in [4.78, 5) is 27.8. The summed E-state index contributed by atoms with van der Waals surface area (Å²) in [7, 11) is 0. The number of Topliss-reactive ketones (excluding diaryl/α,β-unsaturated/α-hetero) is 1. The van der Waals surface area contributed by atoms with Crippen molar-refractivity contribution in [2.24, 2.45) is 5.92 Å². The van der Waals surface area contributed by atoms with Crippen LogP contribution in [0, 0.1) is 5.92 Å². The fourth-order valence-electron chi connectivity index (χ4n) is 6.35. The molecule has 0 heterocycles. The average molecular weight is 663 g/mol. The minimum atomic E-state index is -0.958. The number of rotatable bonds is 9. The van der Waals surface area contributed by atoms with Crippen LogP contribution < -0.4 is 0 Å². The van der Waals surface area contributed by atoms with E-state index >= 15 is 0 Å². The lowest BCUT2D eigenvalue weighted by Gasteiger charge is -2.35. The van der Waals surface area contributed by atoms with Crippen molar-refractivity contribution in [3.63, 3.8) is 0 Å². The molecule has 3 atom stereocenters. The Kier molecular flexibility index (Phi) is 9.84. The maximum atomic E-state index is 14.5. The van der Waals surface area contributed by atoms with Crippen LogP contribution in [0.3, 0.4) is 0 Å². The zero-order valence-corrected chi connectivity index (χ0v) is 27.3. The second-order valence-corrected chi connectivity index (χ2v) is 12.6. The molecular weight excluding hydrogens is 624 g/mol. The molecule has 0 saturated carbocycles. The Labute approximate surface area is 283 Å². The van der Waals surface area contributed by atoms with Crippen LogP contribution in [0.4, 0.5) is 0 Å². The molecule has 0 saturated heterocycles. The molecule has 0 fully saturated rings. The first kappa shape index (κ1) is 34.4. The van der Waals surface area contributed by atoms with Crippen LogP contribution in [0.2, 0.25) is 0 Å². The number of ketones is 2. The van der Waals surface area contributed by atoms with Gasteiger partial charge in [0.1, 0.15) is 40.2 Å². The Morgan fingerprint density at radius 1 is 0.755 bits per heavy atom. The van der Waals surface area contributed by atoms with Crippen LogP contribution in [0.25, 0.3) is 6.08 Å². The summed E-state index contributed by atoms with van der Waals surface area (Å²) in [5.41, 5.74) is 2.79. The van der Waals surface area contributed by atoms with Crippen molar-refractivity contribution in [1.82, 2.24) is 0 Å². The van der Waals surface area contributed by atoms with Gasteiger partial charge in [0.2, 0.25) is 0 Å². The standard InChI is InChI=1S/C40H38O9/c1-21(2)4-12-27-34(44)16-14-29(38(27)47)39(48)32-20-30(23-5-9-25(41)10-6-23)22(3)18-31(32)37-35(45)17-13-28(40(37)49)33(43)15-8-24-7-11-26(42)19-36(24)46/h4-11,13-19,30-32,41-42,44-47,49H,12,20H2,1-3H3/b15-8+/t30-,31-,32-/m1/s1. The van der Waals surface area contributed by atoms with E-state index in [2.05, 4.69) is 0 Å². The molecule has 0 bridgehead atoms. The number of benzene rings is 4. The van der Waals surface area contributed by atoms with Gasteiger partial charge in [-0.05, 0) is 99.9 Å². The molecule has 0 amide bonds. The van der Waals surface area contributed by atoms with Gasteiger partial charge in [-0.3, -0.25) is 9.59 Å². The number of carbonyl (C=O) groups is 2. The first-order valence-electron chi connectivity index (χ1n) is 15.7. The Balaban J connectivity index is 1.61. The Hall–Kier alpha value is -5.96. The van der Waals surface area contributed by atoms with E-state index in [1.54, 1.807) is 30.3 Å². The molecule has 49 heavy (non-hydrogen) atoms. The monoisotopic (exact) mass is 662 g/mol. The Morgan fingerprint density at radius 2 is 1.41 bits per heavy atom. The van der Waals surface area contributed by atoms with E-state index in [0.29, 0.717) is 0 Å². The van der Waals surface area contributed by atoms with Gasteiger partial charge in [0, 0.05) is 40.5 Å². The first-order chi connectivity index (χ1) is 23.3. The molecule has 0 unspecified atom stereocenters. The van der Waals surface area contributed by atoms with Gasteiger partial charge in [0.25, 0.3) is 0 Å². The minimum Gasteiger partial charge on any atom is -0.508 e. The number of phenols is 7. The zero-order chi connectivity index (χ0) is 35.6. The van der Waals surface area contributed by atoms with Gasteiger partial charge in [0.05, 0.1) is 11.1 Å². The van der Waals surface area contributed by atoms with Crippen molar-refractivity contribution in [2.75, 3.05) is 0 Å². The van der Waals surface area contributed by atoms with Crippen LogP contribution in [-0.4, -0.2) is 47.3 Å². The molecule has 0 aromatic heterocycles. The number of phenolic OH excluding ortho intramolecular Hbond substituents is 7. The summed E-state index contributed by atoms with van der Waals surface area (Å²) in [5, 5.41) is 74.1. The second-order valence-electron chi connectivity index (χ2n) is 12.6. The fraction of sp³-hybridized carbons (Fsp3) is 0.200. The molecule has 5 rings (SSSR count). The lowest BCUT2D eigenvalue weighted by atomic mass is 9.67. The molecular formula is C40H38O9. The van der Waals surface area contributed by atoms with Crippen molar-refractivity contribution in [3.8, 4) is 40.2 Å². The van der Waals surface area contributed by atoms with Crippen molar-refractivity contribution < 1.29 is 45.3 Å². The second kappa shape index (κ2) is 14.0. The summed E-state index contributed by atoms with van der Waals surface area (Å²) in [6.45, 7) is 5.61. The normalized spacial score (nSPS) is 17.4. The minimum absolute atomic E-state index is 0.0368. The molecule has 4 aromatic rings. The summed E-state index contributed by atoms with van der Waals surface area (Å²) < 4.78 is 0. The summed E-state index contributed by atoms with van der Waals surface area (Å²) in [6, 6.07) is 15.7. The van der Waals surface area contributed by atoms with Crippen LogP contribution in [0.1, 0.15) is 82.0 Å². The van der Waals surface area contributed by atoms with Crippen LogP contribution >= 0.6 is 0 Å². The maximum absolute atomic E-state index is 14.5. The number of aromatic hydroxyl groups is 7. The van der Waals surface area contributed by atoms with Crippen molar-refractivity contribution >= 4 is 17.6 Å². The highest BCUT2D eigenvalue weighted by molar-refractivity contribution is 6.09. The molecule has 0 spiro atoms. The van der Waals surface area contributed by atoms with Gasteiger partial charge in [-0.1, -0.05) is 35.4 Å². The highest BCUT2D eigenvalue weighted by atomic mass is 16.3. The topological polar surface area (TPSA) is 176 Å². The molecule has 7 N–H and O–H groups in total. The predicted octanol–water partition coefficient (Wildman–Crippen LogP) is 7.75. The Morgan fingerprint density at radius 3 is 2.08 bits per heavy atom. The number of hydrogen-bond acceptors (Lipinski definition) is 9. The molecule has 1 aliphatic carbocycles. The van der Waals surface area contributed by atoms with Gasteiger partial charge in [-0.2, -0.15) is 0 Å². The SMILES string of the molecule is CC(C)=CCc1c(O)ccc(C(=O)[C@@H]2C[C@@H](c3ccc(O)cc3)C(C)=C[C@H]2c2c(O)ccc(C(=O)/C=C/c3ccc(O)cc3O)c2O)c1O. The smallest absolute Gasteiger partial charge is 0.189 e. The fourth-order valence-corrected chi connectivity index (χ4v) is 6.35. The van der Waals surface area contributed by atoms with Gasteiger partial charge < -0.3 is 35.7 Å². The molecule has 1 aliphatic rings. The first-order valence-corrected chi connectivity index (χ1v) is 15.7. The van der Waals surface area contributed by atoms with Crippen LogP contribution in [0.5, 0.6) is 40.2 Å². The lowest BCUT2D eigenvalue weighted by molar-refractivity contribution is 0.0889. The quantitative estimate of drug-likeness (QED) is 0.0537. The lowest BCUT2D eigenvalue weighted by Crippen LogP contribution is -2.28. The number of allylic oxidation sites excluding steroid dienone is 5. The molecule has 4 aromatic carbocycles. The Bertz CT molecular complexity index is 2010. The number of carbonyl (C=O) groups excluding carboxylic acids is 2. The average Bonchev–Trinajstić information content (AvgIpc) is 3.04. The molecule has 9 heteroatoms. The summed E-state index contributed by atoms with van der Waals surface area (Å²) >= 11 is 0. The van der Waals surface area contributed by atoms with E-state index in [1.807, 2.05) is 26.8 Å².